The van der Waals surface area contributed by atoms with Crippen molar-refractivity contribution in [1.82, 2.24) is 5.32 Å². The summed E-state index contributed by atoms with van der Waals surface area (Å²) in [6.07, 6.45) is 2.71. The van der Waals surface area contributed by atoms with Crippen LogP contribution in [0.15, 0.2) is 22.7 Å². The van der Waals surface area contributed by atoms with Gasteiger partial charge in [0.25, 0.3) is 0 Å². The number of nitrogens with one attached hydrogen (secondary N) is 1. The minimum atomic E-state index is -0.687. The van der Waals surface area contributed by atoms with Gasteiger partial charge in [-0.2, -0.15) is 0 Å². The highest BCUT2D eigenvalue weighted by Crippen LogP contribution is 2.17. The van der Waals surface area contributed by atoms with Crippen LogP contribution in [0.4, 0.5) is 0 Å². The van der Waals surface area contributed by atoms with Crippen LogP contribution in [0.5, 0.6) is 0 Å². The largest absolute Gasteiger partial charge is 0.310 e. The topological polar surface area (TPSA) is 29.1 Å². The zero-order valence-corrected chi connectivity index (χ0v) is 13.0. The molecule has 2 atom stereocenters. The maximum atomic E-state index is 11.0. The number of aryl methyl sites for hydroxylation is 1. The molecule has 0 saturated carbocycles. The van der Waals surface area contributed by atoms with E-state index in [0.29, 0.717) is 6.04 Å². The summed E-state index contributed by atoms with van der Waals surface area (Å²) in [4.78, 5) is 0. The highest BCUT2D eigenvalue weighted by molar-refractivity contribution is 9.10. The predicted octanol–water partition coefficient (Wildman–Crippen LogP) is 3.00. The average molecular weight is 318 g/mol. The summed E-state index contributed by atoms with van der Waals surface area (Å²) in [5.74, 6) is 0.771. The van der Waals surface area contributed by atoms with E-state index in [4.69, 9.17) is 0 Å². The Hall–Kier alpha value is -0.190. The summed E-state index contributed by atoms with van der Waals surface area (Å²) in [5.41, 5.74) is 2.54. The molecule has 2 nitrogen and oxygen atoms in total. The van der Waals surface area contributed by atoms with Crippen molar-refractivity contribution in [3.05, 3.63) is 33.8 Å². The Balaban J connectivity index is 2.39. The second-order valence-corrected chi connectivity index (χ2v) is 6.84. The molecule has 0 spiro atoms. The zero-order valence-electron chi connectivity index (χ0n) is 10.6. The third-order valence-electron chi connectivity index (χ3n) is 2.72. The van der Waals surface area contributed by atoms with E-state index in [-0.39, 0.29) is 0 Å². The van der Waals surface area contributed by atoms with E-state index >= 15 is 0 Å². The molecule has 0 bridgehead atoms. The summed E-state index contributed by atoms with van der Waals surface area (Å²) < 4.78 is 12.1. The van der Waals surface area contributed by atoms with Gasteiger partial charge in [0.1, 0.15) is 0 Å². The monoisotopic (exact) mass is 317 g/mol. The molecule has 17 heavy (non-hydrogen) atoms. The number of benzene rings is 1. The molecule has 0 saturated heterocycles. The van der Waals surface area contributed by atoms with Gasteiger partial charge >= 0.3 is 0 Å². The van der Waals surface area contributed by atoms with Gasteiger partial charge in [-0.05, 0) is 37.5 Å². The Kier molecular flexibility index (Phi) is 6.38. The second-order valence-electron chi connectivity index (χ2n) is 4.43. The molecule has 0 amide bonds. The van der Waals surface area contributed by atoms with Crippen LogP contribution in [0.3, 0.4) is 0 Å². The molecular weight excluding hydrogens is 298 g/mol. The van der Waals surface area contributed by atoms with Crippen molar-refractivity contribution in [3.63, 3.8) is 0 Å². The Morgan fingerprint density at radius 2 is 2.18 bits per heavy atom. The lowest BCUT2D eigenvalue weighted by Crippen LogP contribution is -2.27. The van der Waals surface area contributed by atoms with Gasteiger partial charge in [0.15, 0.2) is 0 Å². The third kappa shape index (κ3) is 5.80. The fourth-order valence-electron chi connectivity index (χ4n) is 1.55. The first kappa shape index (κ1) is 14.9. The second kappa shape index (κ2) is 7.29. The van der Waals surface area contributed by atoms with Crippen molar-refractivity contribution in [1.29, 1.82) is 0 Å². The van der Waals surface area contributed by atoms with Crippen LogP contribution in [0, 0.1) is 6.92 Å². The van der Waals surface area contributed by atoms with Crippen molar-refractivity contribution in [2.45, 2.75) is 32.9 Å². The molecule has 0 aliphatic heterocycles. The first-order chi connectivity index (χ1) is 7.99. The molecule has 0 heterocycles. The number of hydrogen-bond acceptors (Lipinski definition) is 2. The van der Waals surface area contributed by atoms with Gasteiger partial charge in [-0.25, -0.2) is 0 Å². The molecule has 96 valence electrons. The van der Waals surface area contributed by atoms with Crippen LogP contribution in [-0.4, -0.2) is 22.3 Å². The zero-order chi connectivity index (χ0) is 12.8. The SMILES string of the molecule is Cc1cc(CNC(C)CCS(C)=O)ccc1Br. The fraction of sp³-hybridized carbons (Fsp3) is 0.538. The molecule has 0 fully saturated rings. The lowest BCUT2D eigenvalue weighted by atomic mass is 10.1. The number of rotatable bonds is 6. The van der Waals surface area contributed by atoms with E-state index in [1.165, 1.54) is 11.1 Å². The van der Waals surface area contributed by atoms with Crippen molar-refractivity contribution in [2.24, 2.45) is 0 Å². The molecule has 1 N–H and O–H groups in total. The van der Waals surface area contributed by atoms with E-state index in [1.807, 2.05) is 0 Å². The first-order valence-corrected chi connectivity index (χ1v) is 8.29. The van der Waals surface area contributed by atoms with Gasteiger partial charge in [-0.15, -0.1) is 0 Å². The average Bonchev–Trinajstić information content (AvgIpc) is 2.28. The fourth-order valence-corrected chi connectivity index (χ4v) is 2.49. The molecule has 1 aromatic carbocycles. The third-order valence-corrected chi connectivity index (χ3v) is 4.42. The minimum Gasteiger partial charge on any atom is -0.310 e. The van der Waals surface area contributed by atoms with Crippen molar-refractivity contribution < 1.29 is 4.21 Å². The molecule has 1 aromatic rings. The minimum absolute atomic E-state index is 0.405. The molecular formula is C13H20BrNOS. The van der Waals surface area contributed by atoms with Crippen molar-refractivity contribution >= 4 is 26.7 Å². The normalized spacial score (nSPS) is 14.6. The summed E-state index contributed by atoms with van der Waals surface area (Å²) in [6, 6.07) is 6.79. The van der Waals surface area contributed by atoms with Crippen LogP contribution in [0.25, 0.3) is 0 Å². The maximum absolute atomic E-state index is 11.0. The molecule has 0 aliphatic rings. The van der Waals surface area contributed by atoms with E-state index in [2.05, 4.69) is 53.3 Å². The van der Waals surface area contributed by atoms with E-state index in [1.54, 1.807) is 6.26 Å². The summed E-state index contributed by atoms with van der Waals surface area (Å²) in [5, 5.41) is 3.45. The Labute approximate surface area is 115 Å². The molecule has 0 radical (unpaired) electrons. The molecule has 1 rings (SSSR count). The summed E-state index contributed by atoms with van der Waals surface area (Å²) in [6.45, 7) is 5.10. The molecule has 2 unspecified atom stereocenters. The van der Waals surface area contributed by atoms with Gasteiger partial charge < -0.3 is 5.32 Å². The van der Waals surface area contributed by atoms with Crippen LogP contribution in [0.2, 0.25) is 0 Å². The van der Waals surface area contributed by atoms with Gasteiger partial charge in [0, 0.05) is 39.9 Å². The van der Waals surface area contributed by atoms with Crippen LogP contribution in [0.1, 0.15) is 24.5 Å². The Morgan fingerprint density at radius 3 is 2.76 bits per heavy atom. The number of halogens is 1. The lowest BCUT2D eigenvalue weighted by Gasteiger charge is -2.13. The molecule has 4 heteroatoms. The van der Waals surface area contributed by atoms with Crippen LogP contribution < -0.4 is 5.32 Å². The van der Waals surface area contributed by atoms with Gasteiger partial charge in [0.05, 0.1) is 0 Å². The van der Waals surface area contributed by atoms with Crippen LogP contribution >= 0.6 is 15.9 Å². The van der Waals surface area contributed by atoms with Gasteiger partial charge in [0.2, 0.25) is 0 Å². The molecule has 0 aliphatic carbocycles. The smallest absolute Gasteiger partial charge is 0.0246 e. The van der Waals surface area contributed by atoms with Crippen molar-refractivity contribution in [3.8, 4) is 0 Å². The Morgan fingerprint density at radius 1 is 1.47 bits per heavy atom. The predicted molar refractivity (Wildman–Crippen MR) is 78.7 cm³/mol. The van der Waals surface area contributed by atoms with E-state index < -0.39 is 10.8 Å². The first-order valence-electron chi connectivity index (χ1n) is 5.77. The van der Waals surface area contributed by atoms with Gasteiger partial charge in [-0.3, -0.25) is 4.21 Å². The standard InChI is InChI=1S/C13H20BrNOS/c1-10-8-12(4-5-13(10)14)9-15-11(2)6-7-17(3)16/h4-5,8,11,15H,6-7,9H2,1-3H3. The summed E-state index contributed by atoms with van der Waals surface area (Å²) in [7, 11) is -0.687. The van der Waals surface area contributed by atoms with Gasteiger partial charge in [-0.1, -0.05) is 28.1 Å². The number of hydrogen-bond donors (Lipinski definition) is 1. The quantitative estimate of drug-likeness (QED) is 0.874. The summed E-state index contributed by atoms with van der Waals surface area (Å²) >= 11 is 3.50. The van der Waals surface area contributed by atoms with Crippen LogP contribution in [-0.2, 0) is 17.3 Å². The van der Waals surface area contributed by atoms with E-state index in [9.17, 15) is 4.21 Å². The highest BCUT2D eigenvalue weighted by Gasteiger charge is 2.03. The Bertz CT molecular complexity index is 395. The van der Waals surface area contributed by atoms with Crippen molar-refractivity contribution in [2.75, 3.05) is 12.0 Å². The molecule has 0 aromatic heterocycles. The van der Waals surface area contributed by atoms with E-state index in [0.717, 1.165) is 23.2 Å². The maximum Gasteiger partial charge on any atom is 0.0246 e. The highest BCUT2D eigenvalue weighted by atomic mass is 79.9. The lowest BCUT2D eigenvalue weighted by molar-refractivity contribution is 0.534.